The van der Waals surface area contributed by atoms with Crippen molar-refractivity contribution in [3.8, 4) is 0 Å². The molecular formula is C10H18F3N3O. The Morgan fingerprint density at radius 3 is 2.24 bits per heavy atom. The second kappa shape index (κ2) is 5.12. The monoisotopic (exact) mass is 253 g/mol. The van der Waals surface area contributed by atoms with Crippen LogP contribution in [0.25, 0.3) is 0 Å². The largest absolute Gasteiger partial charge is 0.409 e. The summed E-state index contributed by atoms with van der Waals surface area (Å²) in [5, 5.41) is 10.9. The number of nitrogens with zero attached hydrogens (tertiary/aromatic N) is 2. The maximum Gasteiger partial charge on any atom is 0.400 e. The van der Waals surface area contributed by atoms with E-state index < -0.39 is 17.9 Å². The van der Waals surface area contributed by atoms with Crippen molar-refractivity contribution in [3.63, 3.8) is 0 Å². The van der Waals surface area contributed by atoms with Crippen LogP contribution in [0.15, 0.2) is 5.16 Å². The first-order chi connectivity index (χ1) is 7.75. The molecule has 0 aromatic carbocycles. The molecule has 0 spiro atoms. The normalized spacial score (nSPS) is 29.6. The van der Waals surface area contributed by atoms with Gasteiger partial charge in [-0.15, -0.1) is 0 Å². The van der Waals surface area contributed by atoms with E-state index in [2.05, 4.69) is 5.16 Å². The summed E-state index contributed by atoms with van der Waals surface area (Å²) in [5.74, 6) is -1.93. The summed E-state index contributed by atoms with van der Waals surface area (Å²) in [6.07, 6.45) is -4.48. The van der Waals surface area contributed by atoms with Gasteiger partial charge in [-0.3, -0.25) is 0 Å². The molecule has 0 aromatic heterocycles. The van der Waals surface area contributed by atoms with Crippen LogP contribution in [0.3, 0.4) is 0 Å². The summed E-state index contributed by atoms with van der Waals surface area (Å²) in [7, 11) is 0. The minimum Gasteiger partial charge on any atom is -0.409 e. The fourth-order valence-corrected chi connectivity index (χ4v) is 2.09. The zero-order valence-corrected chi connectivity index (χ0v) is 9.91. The molecule has 1 aliphatic rings. The molecule has 0 amide bonds. The van der Waals surface area contributed by atoms with Crippen LogP contribution in [0.2, 0.25) is 0 Å². The minimum absolute atomic E-state index is 0.242. The predicted octanol–water partition coefficient (Wildman–Crippen LogP) is 1.50. The van der Waals surface area contributed by atoms with Gasteiger partial charge in [0.25, 0.3) is 0 Å². The number of amidine groups is 1. The van der Waals surface area contributed by atoms with Crippen LogP contribution in [0.1, 0.15) is 13.8 Å². The first-order valence-corrected chi connectivity index (χ1v) is 5.52. The Bertz CT molecular complexity index is 283. The van der Waals surface area contributed by atoms with Crippen LogP contribution >= 0.6 is 0 Å². The van der Waals surface area contributed by atoms with Crippen molar-refractivity contribution >= 4 is 5.84 Å². The van der Waals surface area contributed by atoms with Crippen molar-refractivity contribution in [2.45, 2.75) is 20.0 Å². The lowest BCUT2D eigenvalue weighted by atomic mass is 10.0. The lowest BCUT2D eigenvalue weighted by Crippen LogP contribution is -2.44. The number of nitrogens with two attached hydrogens (primary N) is 1. The van der Waals surface area contributed by atoms with Crippen molar-refractivity contribution in [3.05, 3.63) is 0 Å². The summed E-state index contributed by atoms with van der Waals surface area (Å²) < 4.78 is 38.1. The quantitative estimate of drug-likeness (QED) is 0.347. The first kappa shape index (κ1) is 14.1. The molecule has 3 unspecified atom stereocenters. The maximum atomic E-state index is 12.7. The molecule has 1 fully saturated rings. The fraction of sp³-hybridized carbons (Fsp3) is 0.900. The van der Waals surface area contributed by atoms with Crippen molar-refractivity contribution in [1.29, 1.82) is 0 Å². The number of hydrogen-bond donors (Lipinski definition) is 2. The molecule has 4 nitrogen and oxygen atoms in total. The van der Waals surface area contributed by atoms with E-state index in [1.54, 1.807) is 4.90 Å². The average molecular weight is 253 g/mol. The third-order valence-electron chi connectivity index (χ3n) is 3.37. The van der Waals surface area contributed by atoms with Crippen LogP contribution in [-0.2, 0) is 0 Å². The third-order valence-corrected chi connectivity index (χ3v) is 3.37. The number of hydrogen-bond acceptors (Lipinski definition) is 3. The zero-order chi connectivity index (χ0) is 13.2. The van der Waals surface area contributed by atoms with Gasteiger partial charge in [0.2, 0.25) is 0 Å². The lowest BCUT2D eigenvalue weighted by molar-refractivity contribution is -0.159. The standard InChI is InChI=1S/C10H18F3N3O/c1-6-3-16(4-7(6)2)5-8(9(14)15-17)10(11,12)13/h6-8,17H,3-5H2,1-2H3,(H2,14,15). The Hall–Kier alpha value is -0.980. The summed E-state index contributed by atoms with van der Waals surface area (Å²) in [5.41, 5.74) is 5.10. The topological polar surface area (TPSA) is 61.8 Å². The number of likely N-dealkylation sites (tertiary alicyclic amines) is 1. The minimum atomic E-state index is -4.48. The Labute approximate surface area is 98.3 Å². The van der Waals surface area contributed by atoms with Gasteiger partial charge in [-0.2, -0.15) is 13.2 Å². The maximum absolute atomic E-state index is 12.7. The van der Waals surface area contributed by atoms with E-state index in [0.29, 0.717) is 24.9 Å². The highest BCUT2D eigenvalue weighted by Crippen LogP contribution is 2.30. The van der Waals surface area contributed by atoms with Gasteiger partial charge < -0.3 is 15.8 Å². The molecule has 0 saturated carbocycles. The Morgan fingerprint density at radius 1 is 1.41 bits per heavy atom. The molecule has 0 bridgehead atoms. The second-order valence-corrected chi connectivity index (χ2v) is 4.79. The fourth-order valence-electron chi connectivity index (χ4n) is 2.09. The molecule has 3 atom stereocenters. The van der Waals surface area contributed by atoms with E-state index in [4.69, 9.17) is 10.9 Å². The summed E-state index contributed by atoms with van der Waals surface area (Å²) in [4.78, 5) is 1.71. The van der Waals surface area contributed by atoms with E-state index in [1.807, 2.05) is 13.8 Å². The second-order valence-electron chi connectivity index (χ2n) is 4.79. The van der Waals surface area contributed by atoms with Crippen molar-refractivity contribution in [1.82, 2.24) is 4.90 Å². The zero-order valence-electron chi connectivity index (χ0n) is 9.91. The van der Waals surface area contributed by atoms with Crippen molar-refractivity contribution in [2.75, 3.05) is 19.6 Å². The predicted molar refractivity (Wildman–Crippen MR) is 57.7 cm³/mol. The molecule has 100 valence electrons. The van der Waals surface area contributed by atoms with Crippen LogP contribution in [-0.4, -0.2) is 41.8 Å². The summed E-state index contributed by atoms with van der Waals surface area (Å²) >= 11 is 0. The highest BCUT2D eigenvalue weighted by atomic mass is 19.4. The van der Waals surface area contributed by atoms with Gasteiger partial charge >= 0.3 is 6.18 Å². The van der Waals surface area contributed by atoms with Crippen LogP contribution < -0.4 is 5.73 Å². The Balaban J connectivity index is 2.69. The SMILES string of the molecule is CC1CN(CC(C(N)=NO)C(F)(F)F)CC1C. The number of alkyl halides is 3. The van der Waals surface area contributed by atoms with Gasteiger partial charge in [0.15, 0.2) is 5.84 Å². The van der Waals surface area contributed by atoms with Crippen LogP contribution in [0.5, 0.6) is 0 Å². The molecule has 1 aliphatic heterocycles. The van der Waals surface area contributed by atoms with E-state index in [-0.39, 0.29) is 6.54 Å². The summed E-state index contributed by atoms with van der Waals surface area (Å²) in [6, 6.07) is 0. The van der Waals surface area contributed by atoms with Gasteiger partial charge in [-0.05, 0) is 11.8 Å². The molecule has 0 aliphatic carbocycles. The first-order valence-electron chi connectivity index (χ1n) is 5.52. The molecule has 1 heterocycles. The average Bonchev–Trinajstić information content (AvgIpc) is 2.52. The van der Waals surface area contributed by atoms with Crippen LogP contribution in [0.4, 0.5) is 13.2 Å². The number of rotatable bonds is 3. The molecular weight excluding hydrogens is 235 g/mol. The van der Waals surface area contributed by atoms with Crippen LogP contribution in [0, 0.1) is 17.8 Å². The van der Waals surface area contributed by atoms with E-state index in [1.165, 1.54) is 0 Å². The molecule has 3 N–H and O–H groups in total. The van der Waals surface area contributed by atoms with Gasteiger partial charge in [0.05, 0.1) is 0 Å². The molecule has 0 aromatic rings. The van der Waals surface area contributed by atoms with Gasteiger partial charge in [-0.1, -0.05) is 19.0 Å². The summed E-state index contributed by atoms with van der Waals surface area (Å²) in [6.45, 7) is 5.01. The van der Waals surface area contributed by atoms with E-state index >= 15 is 0 Å². The van der Waals surface area contributed by atoms with Gasteiger partial charge in [0.1, 0.15) is 5.92 Å². The van der Waals surface area contributed by atoms with Gasteiger partial charge in [0, 0.05) is 19.6 Å². The van der Waals surface area contributed by atoms with Gasteiger partial charge in [-0.25, -0.2) is 0 Å². The van der Waals surface area contributed by atoms with E-state index in [9.17, 15) is 13.2 Å². The Kier molecular flexibility index (Phi) is 4.24. The Morgan fingerprint density at radius 2 is 1.88 bits per heavy atom. The molecule has 1 saturated heterocycles. The molecule has 17 heavy (non-hydrogen) atoms. The van der Waals surface area contributed by atoms with Crippen molar-refractivity contribution in [2.24, 2.45) is 28.6 Å². The third kappa shape index (κ3) is 3.49. The number of oxime groups is 1. The van der Waals surface area contributed by atoms with Crippen molar-refractivity contribution < 1.29 is 18.4 Å². The molecule has 0 radical (unpaired) electrons. The highest BCUT2D eigenvalue weighted by molar-refractivity contribution is 5.83. The lowest BCUT2D eigenvalue weighted by Gasteiger charge is -2.24. The molecule has 7 heteroatoms. The highest BCUT2D eigenvalue weighted by Gasteiger charge is 2.44. The molecule has 1 rings (SSSR count). The number of halogens is 3. The smallest absolute Gasteiger partial charge is 0.400 e. The van der Waals surface area contributed by atoms with E-state index in [0.717, 1.165) is 0 Å².